The summed E-state index contributed by atoms with van der Waals surface area (Å²) in [5.41, 5.74) is 21.2. The van der Waals surface area contributed by atoms with Gasteiger partial charge in [0.2, 0.25) is 0 Å². The minimum Gasteiger partial charge on any atom is -0.456 e. The first-order valence-corrected chi connectivity index (χ1v) is 26.0. The summed E-state index contributed by atoms with van der Waals surface area (Å²) in [6.45, 7) is 0. The van der Waals surface area contributed by atoms with Gasteiger partial charge >= 0.3 is 0 Å². The van der Waals surface area contributed by atoms with Crippen molar-refractivity contribution in [2.24, 2.45) is 0 Å². The molecule has 0 atom stereocenters. The van der Waals surface area contributed by atoms with Crippen LogP contribution < -0.4 is 4.90 Å². The van der Waals surface area contributed by atoms with Gasteiger partial charge in [0.05, 0.1) is 5.69 Å². The number of hydrogen-bond acceptors (Lipinski definition) is 2. The Morgan fingerprint density at radius 3 is 1.46 bits per heavy atom. The first-order valence-electron chi connectivity index (χ1n) is 26.0. The van der Waals surface area contributed by atoms with E-state index in [1.165, 1.54) is 66.2 Å². The van der Waals surface area contributed by atoms with E-state index in [9.17, 15) is 0 Å². The molecule has 1 heterocycles. The smallest absolute Gasteiger partial charge is 0.136 e. The minimum atomic E-state index is 0.854. The molecule has 76 heavy (non-hydrogen) atoms. The molecule has 0 aliphatic heterocycles. The van der Waals surface area contributed by atoms with Crippen LogP contribution in [-0.2, 0) is 0 Å². The van der Waals surface area contributed by atoms with Crippen molar-refractivity contribution in [1.29, 1.82) is 0 Å². The van der Waals surface area contributed by atoms with Crippen LogP contribution in [0.15, 0.2) is 302 Å². The highest BCUT2D eigenvalue weighted by Crippen LogP contribution is 2.48. The average Bonchev–Trinajstić information content (AvgIpc) is 3.89. The Bertz CT molecular complexity index is 4410. The molecule has 0 fully saturated rings. The average molecular weight is 968 g/mol. The molecule has 14 aromatic rings. The second kappa shape index (κ2) is 19.1. The summed E-state index contributed by atoms with van der Waals surface area (Å²) in [6.07, 6.45) is 0. The Labute approximate surface area is 442 Å². The van der Waals surface area contributed by atoms with E-state index in [1.54, 1.807) is 0 Å². The normalized spacial score (nSPS) is 11.4. The highest BCUT2D eigenvalue weighted by molar-refractivity contribution is 6.19. The van der Waals surface area contributed by atoms with Crippen LogP contribution in [0.25, 0.3) is 121 Å². The quantitative estimate of drug-likeness (QED) is 0.136. The summed E-state index contributed by atoms with van der Waals surface area (Å²) < 4.78 is 6.81. The molecule has 356 valence electrons. The molecule has 0 saturated carbocycles. The second-order valence-electron chi connectivity index (χ2n) is 19.6. The van der Waals surface area contributed by atoms with Crippen LogP contribution >= 0.6 is 0 Å². The van der Waals surface area contributed by atoms with E-state index in [4.69, 9.17) is 4.42 Å². The SMILES string of the molecule is c1ccc(-c2ccc(-c3cccc(N(c4ccc(-c5ccc(-c6ccccc6)cc5-c5ccccc5)cc4)c4ccc5cc(-c6ccccc6)ccc5c4)c3-c3ccc4c(c3)oc3ccc5ccccc5c34)cc2)cc1. The molecule has 0 saturated heterocycles. The van der Waals surface area contributed by atoms with E-state index in [1.807, 2.05) is 0 Å². The second-order valence-corrected chi connectivity index (χ2v) is 19.6. The molecular weight excluding hydrogens is 919 g/mol. The van der Waals surface area contributed by atoms with Gasteiger partial charge in [-0.3, -0.25) is 0 Å². The van der Waals surface area contributed by atoms with Gasteiger partial charge in [-0.1, -0.05) is 237 Å². The predicted molar refractivity (Wildman–Crippen MR) is 321 cm³/mol. The number of hydrogen-bond donors (Lipinski definition) is 0. The molecule has 0 aliphatic carbocycles. The summed E-state index contributed by atoms with van der Waals surface area (Å²) in [4.78, 5) is 2.44. The zero-order chi connectivity index (χ0) is 50.4. The third-order valence-electron chi connectivity index (χ3n) is 15.1. The summed E-state index contributed by atoms with van der Waals surface area (Å²) in [7, 11) is 0. The van der Waals surface area contributed by atoms with Crippen molar-refractivity contribution in [3.05, 3.63) is 297 Å². The summed E-state index contributed by atoms with van der Waals surface area (Å²) in [6, 6.07) is 108. The lowest BCUT2D eigenvalue weighted by Gasteiger charge is -2.30. The predicted octanol–water partition coefficient (Wildman–Crippen LogP) is 21.0. The molecule has 14 rings (SSSR count). The minimum absolute atomic E-state index is 0.854. The van der Waals surface area contributed by atoms with Gasteiger partial charge in [-0.05, 0) is 155 Å². The van der Waals surface area contributed by atoms with Crippen molar-refractivity contribution in [1.82, 2.24) is 0 Å². The van der Waals surface area contributed by atoms with Crippen molar-refractivity contribution in [2.75, 3.05) is 4.90 Å². The van der Waals surface area contributed by atoms with E-state index < -0.39 is 0 Å². The van der Waals surface area contributed by atoms with Gasteiger partial charge in [-0.2, -0.15) is 0 Å². The fourth-order valence-corrected chi connectivity index (χ4v) is 11.3. The molecule has 0 unspecified atom stereocenters. The van der Waals surface area contributed by atoms with Crippen LogP contribution in [0, 0.1) is 0 Å². The lowest BCUT2D eigenvalue weighted by molar-refractivity contribution is 0.669. The Morgan fingerprint density at radius 2 is 0.737 bits per heavy atom. The molecule has 0 N–H and O–H groups in total. The molecule has 1 aromatic heterocycles. The fraction of sp³-hybridized carbons (Fsp3) is 0. The number of furan rings is 1. The third kappa shape index (κ3) is 8.19. The Balaban J connectivity index is 0.971. The molecule has 2 nitrogen and oxygen atoms in total. The maximum atomic E-state index is 6.81. The van der Waals surface area contributed by atoms with Crippen LogP contribution in [0.1, 0.15) is 0 Å². The van der Waals surface area contributed by atoms with E-state index >= 15 is 0 Å². The molecule has 0 aliphatic rings. The number of nitrogens with zero attached hydrogens (tertiary/aromatic N) is 1. The van der Waals surface area contributed by atoms with E-state index in [0.29, 0.717) is 0 Å². The molecular formula is C74H49NO. The highest BCUT2D eigenvalue weighted by Gasteiger charge is 2.23. The van der Waals surface area contributed by atoms with Gasteiger partial charge in [0.15, 0.2) is 0 Å². The van der Waals surface area contributed by atoms with Crippen LogP contribution in [-0.4, -0.2) is 0 Å². The van der Waals surface area contributed by atoms with Gasteiger partial charge in [0.1, 0.15) is 11.2 Å². The first kappa shape index (κ1) is 44.7. The zero-order valence-electron chi connectivity index (χ0n) is 41.6. The lowest BCUT2D eigenvalue weighted by Crippen LogP contribution is -2.12. The summed E-state index contributed by atoms with van der Waals surface area (Å²) >= 11 is 0. The largest absolute Gasteiger partial charge is 0.456 e. The van der Waals surface area contributed by atoms with Crippen LogP contribution in [0.5, 0.6) is 0 Å². The fourth-order valence-electron chi connectivity index (χ4n) is 11.3. The summed E-state index contributed by atoms with van der Waals surface area (Å²) in [5.74, 6) is 0. The van der Waals surface area contributed by atoms with Crippen molar-refractivity contribution in [3.63, 3.8) is 0 Å². The van der Waals surface area contributed by atoms with Crippen molar-refractivity contribution in [2.45, 2.75) is 0 Å². The van der Waals surface area contributed by atoms with E-state index in [0.717, 1.165) is 72.2 Å². The van der Waals surface area contributed by atoms with Crippen molar-refractivity contribution >= 4 is 60.5 Å². The number of benzene rings is 13. The number of fused-ring (bicyclic) bond motifs is 6. The maximum absolute atomic E-state index is 6.81. The monoisotopic (exact) mass is 967 g/mol. The molecule has 0 radical (unpaired) electrons. The highest BCUT2D eigenvalue weighted by atomic mass is 16.3. The molecule has 0 amide bonds. The van der Waals surface area contributed by atoms with Gasteiger partial charge in [0.25, 0.3) is 0 Å². The van der Waals surface area contributed by atoms with Gasteiger partial charge in [0, 0.05) is 27.7 Å². The van der Waals surface area contributed by atoms with Gasteiger partial charge in [-0.25, -0.2) is 0 Å². The van der Waals surface area contributed by atoms with Crippen LogP contribution in [0.3, 0.4) is 0 Å². The van der Waals surface area contributed by atoms with Crippen molar-refractivity contribution < 1.29 is 4.42 Å². The molecule has 0 spiro atoms. The maximum Gasteiger partial charge on any atom is 0.136 e. The Morgan fingerprint density at radius 1 is 0.237 bits per heavy atom. The first-order chi connectivity index (χ1) is 37.7. The van der Waals surface area contributed by atoms with Gasteiger partial charge < -0.3 is 9.32 Å². The van der Waals surface area contributed by atoms with E-state index in [2.05, 4.69) is 302 Å². The standard InChI is InChI=1S/C74H49NO/c1-5-16-50(17-6-1)53-28-30-57(31-29-53)66-26-15-27-70(73(66)62-38-44-68-72(49-62)76-71-45-39-55-24-13-14-25-67(55)74(68)71)75(64-42-36-59-46-58(32-33-60(59)47-64)51-18-7-2-8-19-51)63-40-34-56(35-41-63)65-43-37-61(52-20-9-3-10-21-52)48-69(65)54-22-11-4-12-23-54/h1-49H. The zero-order valence-corrected chi connectivity index (χ0v) is 41.6. The van der Waals surface area contributed by atoms with Crippen LogP contribution in [0.4, 0.5) is 17.1 Å². The third-order valence-corrected chi connectivity index (χ3v) is 15.1. The Kier molecular flexibility index (Phi) is 11.2. The summed E-state index contributed by atoms with van der Waals surface area (Å²) in [5, 5.41) is 6.98. The number of anilines is 3. The number of rotatable bonds is 10. The lowest BCUT2D eigenvalue weighted by atomic mass is 9.90. The van der Waals surface area contributed by atoms with Gasteiger partial charge in [-0.15, -0.1) is 0 Å². The molecule has 13 aromatic carbocycles. The molecule has 0 bridgehead atoms. The van der Waals surface area contributed by atoms with Crippen molar-refractivity contribution in [3.8, 4) is 77.9 Å². The topological polar surface area (TPSA) is 16.4 Å². The molecule has 2 heteroatoms. The van der Waals surface area contributed by atoms with Crippen LogP contribution in [0.2, 0.25) is 0 Å². The Hall–Kier alpha value is -10.0. The van der Waals surface area contributed by atoms with E-state index in [-0.39, 0.29) is 0 Å².